The van der Waals surface area contributed by atoms with E-state index < -0.39 is 0 Å². The fraction of sp³-hybridized carbons (Fsp3) is 0.400. The summed E-state index contributed by atoms with van der Waals surface area (Å²) in [5.41, 5.74) is 3.58. The molecule has 0 saturated carbocycles. The molecule has 2 aromatic rings. The number of rotatable bonds is 5. The molecular weight excluding hydrogens is 334 g/mol. The third-order valence-corrected chi connectivity index (χ3v) is 4.89. The van der Waals surface area contributed by atoms with E-state index in [1.807, 2.05) is 38.1 Å². The van der Waals surface area contributed by atoms with Gasteiger partial charge in [0, 0.05) is 28.5 Å². The molecule has 1 amide bonds. The van der Waals surface area contributed by atoms with Gasteiger partial charge in [-0.2, -0.15) is 0 Å². The van der Waals surface area contributed by atoms with Crippen LogP contribution in [0.5, 0.6) is 0 Å². The number of carbonyl (C=O) groups is 1. The average Bonchev–Trinajstić information content (AvgIpc) is 3.10. The minimum atomic E-state index is -0.0493. The van der Waals surface area contributed by atoms with Gasteiger partial charge in [-0.25, -0.2) is 0 Å². The van der Waals surface area contributed by atoms with Gasteiger partial charge < -0.3 is 5.32 Å². The lowest BCUT2D eigenvalue weighted by Crippen LogP contribution is -2.36. The van der Waals surface area contributed by atoms with Crippen LogP contribution in [-0.4, -0.2) is 35.4 Å². The molecule has 5 heteroatoms. The third kappa shape index (κ3) is 4.59. The summed E-state index contributed by atoms with van der Waals surface area (Å²) in [6, 6.07) is 11.8. The Bertz CT molecular complexity index is 719. The molecule has 2 heterocycles. The molecule has 1 aliphatic rings. The first kappa shape index (κ1) is 17.9. The summed E-state index contributed by atoms with van der Waals surface area (Å²) in [5.74, 6) is -0.0493. The molecule has 0 bridgehead atoms. The molecule has 1 aromatic carbocycles. The fourth-order valence-electron chi connectivity index (χ4n) is 3.45. The van der Waals surface area contributed by atoms with Crippen molar-refractivity contribution in [1.29, 1.82) is 0 Å². The van der Waals surface area contributed by atoms with E-state index in [2.05, 4.69) is 27.3 Å². The number of pyridine rings is 1. The average molecular weight is 358 g/mol. The number of aromatic nitrogens is 1. The molecule has 0 spiro atoms. The van der Waals surface area contributed by atoms with Crippen LogP contribution in [-0.2, 0) is 0 Å². The fourth-order valence-corrected chi connectivity index (χ4v) is 3.58. The summed E-state index contributed by atoms with van der Waals surface area (Å²) in [5, 5.41) is 3.83. The highest BCUT2D eigenvalue weighted by Gasteiger charge is 2.24. The Morgan fingerprint density at radius 2 is 1.76 bits per heavy atom. The van der Waals surface area contributed by atoms with Gasteiger partial charge in [-0.05, 0) is 69.6 Å². The van der Waals surface area contributed by atoms with Gasteiger partial charge in [0.1, 0.15) is 0 Å². The Morgan fingerprint density at radius 1 is 1.16 bits per heavy atom. The van der Waals surface area contributed by atoms with Gasteiger partial charge in [0.2, 0.25) is 0 Å². The van der Waals surface area contributed by atoms with Crippen LogP contribution in [0.4, 0.5) is 0 Å². The summed E-state index contributed by atoms with van der Waals surface area (Å²) >= 11 is 6.02. The molecule has 1 fully saturated rings. The van der Waals surface area contributed by atoms with Crippen molar-refractivity contribution in [3.8, 4) is 0 Å². The van der Waals surface area contributed by atoms with Crippen molar-refractivity contribution in [2.75, 3.05) is 19.6 Å². The SMILES string of the molecule is Cc1cc(C(=O)NCC(c2ccc(Cl)cc2)N2CCCC2)cc(C)n1. The van der Waals surface area contributed by atoms with Crippen LogP contribution in [0.2, 0.25) is 5.02 Å². The van der Waals surface area contributed by atoms with E-state index in [0.717, 1.165) is 29.5 Å². The molecule has 25 heavy (non-hydrogen) atoms. The first-order chi connectivity index (χ1) is 12.0. The molecule has 3 rings (SSSR count). The van der Waals surface area contributed by atoms with Crippen molar-refractivity contribution in [2.24, 2.45) is 0 Å². The van der Waals surface area contributed by atoms with Gasteiger partial charge >= 0.3 is 0 Å². The predicted molar refractivity (Wildman–Crippen MR) is 101 cm³/mol. The van der Waals surface area contributed by atoms with Crippen molar-refractivity contribution in [3.05, 3.63) is 63.9 Å². The van der Waals surface area contributed by atoms with E-state index in [4.69, 9.17) is 11.6 Å². The molecule has 1 aliphatic heterocycles. The second-order valence-electron chi connectivity index (χ2n) is 6.66. The number of hydrogen-bond donors (Lipinski definition) is 1. The summed E-state index contributed by atoms with van der Waals surface area (Å²) in [6.45, 7) is 6.53. The summed E-state index contributed by atoms with van der Waals surface area (Å²) in [4.78, 5) is 19.3. The first-order valence-corrected chi connectivity index (χ1v) is 9.14. The lowest BCUT2D eigenvalue weighted by molar-refractivity contribution is 0.0937. The predicted octanol–water partition coefficient (Wildman–Crippen LogP) is 3.92. The highest BCUT2D eigenvalue weighted by atomic mass is 35.5. The van der Waals surface area contributed by atoms with Crippen LogP contribution in [0.3, 0.4) is 0 Å². The molecule has 1 saturated heterocycles. The minimum absolute atomic E-state index is 0.0493. The van der Waals surface area contributed by atoms with E-state index in [1.165, 1.54) is 18.4 Å². The number of likely N-dealkylation sites (tertiary alicyclic amines) is 1. The van der Waals surface area contributed by atoms with Crippen LogP contribution in [0.1, 0.15) is 46.2 Å². The van der Waals surface area contributed by atoms with E-state index in [-0.39, 0.29) is 11.9 Å². The van der Waals surface area contributed by atoms with Crippen molar-refractivity contribution in [2.45, 2.75) is 32.7 Å². The third-order valence-electron chi connectivity index (χ3n) is 4.64. The zero-order valence-electron chi connectivity index (χ0n) is 14.8. The van der Waals surface area contributed by atoms with Crippen molar-refractivity contribution < 1.29 is 4.79 Å². The number of nitrogens with one attached hydrogen (secondary N) is 1. The number of amides is 1. The van der Waals surface area contributed by atoms with Crippen LogP contribution in [0, 0.1) is 13.8 Å². The Labute approximate surface area is 154 Å². The van der Waals surface area contributed by atoms with Crippen LogP contribution in [0.15, 0.2) is 36.4 Å². The molecule has 0 aliphatic carbocycles. The second kappa shape index (κ2) is 7.98. The Kier molecular flexibility index (Phi) is 5.71. The quantitative estimate of drug-likeness (QED) is 0.882. The summed E-state index contributed by atoms with van der Waals surface area (Å²) in [6.07, 6.45) is 2.42. The number of aryl methyl sites for hydroxylation is 2. The Morgan fingerprint density at radius 3 is 2.36 bits per heavy atom. The monoisotopic (exact) mass is 357 g/mol. The van der Waals surface area contributed by atoms with Gasteiger partial charge in [0.25, 0.3) is 5.91 Å². The van der Waals surface area contributed by atoms with Crippen LogP contribution in [0.25, 0.3) is 0 Å². The van der Waals surface area contributed by atoms with Crippen molar-refractivity contribution in [1.82, 2.24) is 15.2 Å². The molecule has 1 atom stereocenters. The molecule has 0 radical (unpaired) electrons. The summed E-state index contributed by atoms with van der Waals surface area (Å²) < 4.78 is 0. The molecule has 4 nitrogen and oxygen atoms in total. The Balaban J connectivity index is 1.73. The zero-order chi connectivity index (χ0) is 17.8. The highest BCUT2D eigenvalue weighted by Crippen LogP contribution is 2.25. The van der Waals surface area contributed by atoms with Gasteiger partial charge in [0.05, 0.1) is 6.04 Å². The maximum Gasteiger partial charge on any atom is 0.251 e. The topological polar surface area (TPSA) is 45.2 Å². The Hall–Kier alpha value is -1.91. The standard InChI is InChI=1S/C20H24ClN3O/c1-14-11-17(12-15(2)23-14)20(25)22-13-19(24-9-3-4-10-24)16-5-7-18(21)8-6-16/h5-8,11-12,19H,3-4,9-10,13H2,1-2H3,(H,22,25). The van der Waals surface area contributed by atoms with E-state index in [9.17, 15) is 4.79 Å². The first-order valence-electron chi connectivity index (χ1n) is 8.76. The number of hydrogen-bond acceptors (Lipinski definition) is 3. The normalized spacial score (nSPS) is 16.0. The lowest BCUT2D eigenvalue weighted by Gasteiger charge is -2.28. The van der Waals surface area contributed by atoms with Gasteiger partial charge in [-0.15, -0.1) is 0 Å². The van der Waals surface area contributed by atoms with E-state index in [0.29, 0.717) is 12.1 Å². The summed E-state index contributed by atoms with van der Waals surface area (Å²) in [7, 11) is 0. The van der Waals surface area contributed by atoms with E-state index >= 15 is 0 Å². The van der Waals surface area contributed by atoms with E-state index in [1.54, 1.807) is 0 Å². The number of carbonyl (C=O) groups excluding carboxylic acids is 1. The second-order valence-corrected chi connectivity index (χ2v) is 7.10. The van der Waals surface area contributed by atoms with Gasteiger partial charge in [-0.3, -0.25) is 14.7 Å². The smallest absolute Gasteiger partial charge is 0.251 e. The van der Waals surface area contributed by atoms with Crippen LogP contribution >= 0.6 is 11.6 Å². The number of benzene rings is 1. The maximum atomic E-state index is 12.6. The van der Waals surface area contributed by atoms with Crippen molar-refractivity contribution >= 4 is 17.5 Å². The lowest BCUT2D eigenvalue weighted by atomic mass is 10.1. The van der Waals surface area contributed by atoms with Gasteiger partial charge in [-0.1, -0.05) is 23.7 Å². The van der Waals surface area contributed by atoms with Crippen molar-refractivity contribution in [3.63, 3.8) is 0 Å². The molecule has 1 unspecified atom stereocenters. The maximum absolute atomic E-state index is 12.6. The molecule has 1 aromatic heterocycles. The number of nitrogens with zero attached hydrogens (tertiary/aromatic N) is 2. The van der Waals surface area contributed by atoms with Gasteiger partial charge in [0.15, 0.2) is 0 Å². The number of halogens is 1. The van der Waals surface area contributed by atoms with Crippen LogP contribution < -0.4 is 5.32 Å². The highest BCUT2D eigenvalue weighted by molar-refractivity contribution is 6.30. The largest absolute Gasteiger partial charge is 0.350 e. The molecule has 1 N–H and O–H groups in total. The zero-order valence-corrected chi connectivity index (χ0v) is 15.5. The molecule has 132 valence electrons. The minimum Gasteiger partial charge on any atom is -0.350 e. The molecular formula is C20H24ClN3O.